The number of sulfonamides is 1. The zero-order valence-corrected chi connectivity index (χ0v) is 10.4. The van der Waals surface area contributed by atoms with E-state index in [1.807, 2.05) is 0 Å². The van der Waals surface area contributed by atoms with Gasteiger partial charge in [-0.3, -0.25) is 0 Å². The van der Waals surface area contributed by atoms with Crippen LogP contribution in [0.4, 0.5) is 0 Å². The van der Waals surface area contributed by atoms with Gasteiger partial charge in [0.15, 0.2) is 0 Å². The van der Waals surface area contributed by atoms with Gasteiger partial charge in [-0.05, 0) is 25.0 Å². The van der Waals surface area contributed by atoms with Crippen LogP contribution in [0.2, 0.25) is 0 Å². The third-order valence-electron chi connectivity index (χ3n) is 2.07. The molecule has 1 heterocycles. The lowest BCUT2D eigenvalue weighted by molar-refractivity contribution is 0.560. The molecule has 0 saturated carbocycles. The number of rotatable bonds is 6. The van der Waals surface area contributed by atoms with E-state index in [1.165, 1.54) is 0 Å². The van der Waals surface area contributed by atoms with Crippen molar-refractivity contribution in [3.63, 3.8) is 0 Å². The van der Waals surface area contributed by atoms with Gasteiger partial charge < -0.3 is 0 Å². The molecule has 1 N–H and O–H groups in total. The second kappa shape index (κ2) is 6.20. The van der Waals surface area contributed by atoms with Crippen molar-refractivity contribution in [1.29, 1.82) is 0 Å². The maximum Gasteiger partial charge on any atom is 0.211 e. The van der Waals surface area contributed by atoms with E-state index < -0.39 is 10.0 Å². The Kier molecular flexibility index (Phi) is 5.59. The monoisotopic (exact) mass is 257 g/mol. The number of thioether (sulfide) groups is 1. The van der Waals surface area contributed by atoms with Gasteiger partial charge in [-0.1, -0.05) is 0 Å². The molecule has 1 saturated heterocycles. The average Bonchev–Trinajstić information content (AvgIpc) is 2.56. The van der Waals surface area contributed by atoms with Gasteiger partial charge in [0, 0.05) is 17.7 Å². The summed E-state index contributed by atoms with van der Waals surface area (Å²) >= 11 is 7.29. The zero-order valence-electron chi connectivity index (χ0n) is 8.04. The molecule has 0 aromatic heterocycles. The van der Waals surface area contributed by atoms with Crippen LogP contribution in [0.5, 0.6) is 0 Å². The van der Waals surface area contributed by atoms with Crippen LogP contribution in [-0.4, -0.2) is 37.6 Å². The van der Waals surface area contributed by atoms with Gasteiger partial charge in [0.1, 0.15) is 0 Å². The van der Waals surface area contributed by atoms with Crippen molar-refractivity contribution in [1.82, 2.24) is 4.72 Å². The van der Waals surface area contributed by atoms with Gasteiger partial charge in [-0.25, -0.2) is 13.1 Å². The number of unbranched alkanes of at least 4 members (excludes halogenated alkanes) is 1. The third kappa shape index (κ3) is 4.87. The molecule has 3 nitrogen and oxygen atoms in total. The molecule has 0 spiro atoms. The van der Waals surface area contributed by atoms with Crippen LogP contribution >= 0.6 is 23.4 Å². The topological polar surface area (TPSA) is 46.2 Å². The summed E-state index contributed by atoms with van der Waals surface area (Å²) in [6.07, 6.45) is 2.37. The molecule has 0 aliphatic carbocycles. The van der Waals surface area contributed by atoms with E-state index in [4.69, 9.17) is 11.6 Å². The van der Waals surface area contributed by atoms with Crippen LogP contribution in [-0.2, 0) is 10.0 Å². The molecular weight excluding hydrogens is 242 g/mol. The highest BCUT2D eigenvalue weighted by Crippen LogP contribution is 2.17. The maximum atomic E-state index is 11.5. The lowest BCUT2D eigenvalue weighted by Gasteiger charge is -2.11. The lowest BCUT2D eigenvalue weighted by Crippen LogP contribution is -2.36. The molecule has 0 radical (unpaired) electrons. The molecule has 0 aromatic carbocycles. The number of hydrogen-bond acceptors (Lipinski definition) is 3. The SMILES string of the molecule is O=S(=O)(CCCCCl)NC1CCSC1. The molecule has 1 atom stereocenters. The fraction of sp³-hybridized carbons (Fsp3) is 1.00. The first-order chi connectivity index (χ1) is 6.64. The first-order valence-corrected chi connectivity index (χ1v) is 8.12. The zero-order chi connectivity index (χ0) is 10.4. The van der Waals surface area contributed by atoms with Gasteiger partial charge in [-0.15, -0.1) is 11.6 Å². The van der Waals surface area contributed by atoms with Crippen molar-refractivity contribution < 1.29 is 8.42 Å². The first-order valence-electron chi connectivity index (χ1n) is 4.78. The van der Waals surface area contributed by atoms with Crippen LogP contribution in [0, 0.1) is 0 Å². The molecular formula is C8H16ClNO2S2. The van der Waals surface area contributed by atoms with Crippen LogP contribution in [0.15, 0.2) is 0 Å². The number of halogens is 1. The van der Waals surface area contributed by atoms with E-state index in [0.29, 0.717) is 12.3 Å². The van der Waals surface area contributed by atoms with Gasteiger partial charge >= 0.3 is 0 Å². The minimum absolute atomic E-state index is 0.154. The summed E-state index contributed by atoms with van der Waals surface area (Å²) in [5, 5.41) is 0. The van der Waals surface area contributed by atoms with Crippen LogP contribution in [0.1, 0.15) is 19.3 Å². The van der Waals surface area contributed by atoms with Crippen LogP contribution in [0.3, 0.4) is 0 Å². The third-order valence-corrected chi connectivity index (χ3v) is 5.02. The molecule has 1 rings (SSSR count). The highest BCUT2D eigenvalue weighted by molar-refractivity contribution is 7.99. The van der Waals surface area contributed by atoms with Crippen molar-refractivity contribution in [2.45, 2.75) is 25.3 Å². The molecule has 1 fully saturated rings. The Labute approximate surface area is 95.0 Å². The standard InChI is InChI=1S/C8H16ClNO2S2/c9-4-1-2-6-14(11,12)10-8-3-5-13-7-8/h8,10H,1-7H2. The van der Waals surface area contributed by atoms with E-state index in [1.54, 1.807) is 11.8 Å². The molecule has 1 unspecified atom stereocenters. The number of nitrogens with one attached hydrogen (secondary N) is 1. The molecule has 1 aliphatic heterocycles. The number of alkyl halides is 1. The van der Waals surface area contributed by atoms with E-state index in [0.717, 1.165) is 24.3 Å². The highest BCUT2D eigenvalue weighted by Gasteiger charge is 2.20. The minimum Gasteiger partial charge on any atom is -0.212 e. The minimum atomic E-state index is -3.06. The molecule has 6 heteroatoms. The van der Waals surface area contributed by atoms with E-state index in [9.17, 15) is 8.42 Å². The normalized spacial score (nSPS) is 22.8. The quantitative estimate of drug-likeness (QED) is 0.579. The maximum absolute atomic E-state index is 11.5. The second-order valence-corrected chi connectivity index (χ2v) is 6.79. The largest absolute Gasteiger partial charge is 0.212 e. The van der Waals surface area contributed by atoms with Crippen molar-refractivity contribution in [3.8, 4) is 0 Å². The van der Waals surface area contributed by atoms with Crippen LogP contribution < -0.4 is 4.72 Å². The lowest BCUT2D eigenvalue weighted by atomic mass is 10.3. The molecule has 1 aliphatic rings. The van der Waals surface area contributed by atoms with Crippen molar-refractivity contribution in [2.75, 3.05) is 23.1 Å². The fourth-order valence-electron chi connectivity index (χ4n) is 1.33. The van der Waals surface area contributed by atoms with Crippen molar-refractivity contribution in [2.24, 2.45) is 0 Å². The van der Waals surface area contributed by atoms with Gasteiger partial charge in [0.05, 0.1) is 5.75 Å². The summed E-state index contributed by atoms with van der Waals surface area (Å²) in [5.41, 5.74) is 0. The van der Waals surface area contributed by atoms with Gasteiger partial charge in [0.25, 0.3) is 0 Å². The Bertz CT molecular complexity index is 250. The smallest absolute Gasteiger partial charge is 0.211 e. The van der Waals surface area contributed by atoms with Crippen molar-refractivity contribution in [3.05, 3.63) is 0 Å². The predicted molar refractivity (Wildman–Crippen MR) is 62.6 cm³/mol. The second-order valence-electron chi connectivity index (χ2n) is 3.39. The van der Waals surface area contributed by atoms with Crippen molar-refractivity contribution >= 4 is 33.4 Å². The Morgan fingerprint density at radius 2 is 2.21 bits per heavy atom. The Balaban J connectivity index is 2.26. The van der Waals surface area contributed by atoms with E-state index in [-0.39, 0.29) is 11.8 Å². The summed E-state index contributed by atoms with van der Waals surface area (Å²) in [5.74, 6) is 2.72. The molecule has 14 heavy (non-hydrogen) atoms. The summed E-state index contributed by atoms with van der Waals surface area (Å²) in [7, 11) is -3.06. The van der Waals surface area contributed by atoms with Gasteiger partial charge in [0.2, 0.25) is 10.0 Å². The fourth-order valence-corrected chi connectivity index (χ4v) is 4.18. The number of hydrogen-bond donors (Lipinski definition) is 1. The van der Waals surface area contributed by atoms with Gasteiger partial charge in [-0.2, -0.15) is 11.8 Å². The molecule has 0 bridgehead atoms. The molecule has 84 valence electrons. The highest BCUT2D eigenvalue weighted by atomic mass is 35.5. The summed E-state index contributed by atoms with van der Waals surface area (Å²) in [6, 6.07) is 0.154. The molecule has 0 amide bonds. The summed E-state index contributed by atoms with van der Waals surface area (Å²) < 4.78 is 25.7. The predicted octanol–water partition coefficient (Wildman–Crippen LogP) is 1.43. The average molecular weight is 258 g/mol. The summed E-state index contributed by atoms with van der Waals surface area (Å²) in [4.78, 5) is 0. The molecule has 0 aromatic rings. The summed E-state index contributed by atoms with van der Waals surface area (Å²) in [6.45, 7) is 0. The van der Waals surface area contributed by atoms with E-state index in [2.05, 4.69) is 4.72 Å². The van der Waals surface area contributed by atoms with Crippen LogP contribution in [0.25, 0.3) is 0 Å². The van der Waals surface area contributed by atoms with E-state index >= 15 is 0 Å². The Morgan fingerprint density at radius 3 is 2.79 bits per heavy atom. The Morgan fingerprint density at radius 1 is 1.43 bits per heavy atom. The Hall–Kier alpha value is 0.550. The first kappa shape index (κ1) is 12.6.